The lowest BCUT2D eigenvalue weighted by molar-refractivity contribution is -0.130. The van der Waals surface area contributed by atoms with Gasteiger partial charge in [-0.15, -0.1) is 10.2 Å². The van der Waals surface area contributed by atoms with Crippen molar-refractivity contribution in [3.05, 3.63) is 83.2 Å². The molecule has 0 saturated carbocycles. The number of nitrogens with zero attached hydrogens (tertiary/aromatic N) is 6. The zero-order valence-electron chi connectivity index (χ0n) is 19.2. The summed E-state index contributed by atoms with van der Waals surface area (Å²) in [5.74, 6) is 1.41. The van der Waals surface area contributed by atoms with E-state index in [1.54, 1.807) is 12.1 Å². The number of thioether (sulfide) groups is 1. The Hall–Kier alpha value is -3.72. The Balaban J connectivity index is 1.41. The van der Waals surface area contributed by atoms with Crippen molar-refractivity contribution in [1.82, 2.24) is 24.6 Å². The van der Waals surface area contributed by atoms with Gasteiger partial charge in [-0.2, -0.15) is 5.10 Å². The topological polar surface area (TPSA) is 85.0 Å². The first-order valence-electron chi connectivity index (χ1n) is 10.9. The van der Waals surface area contributed by atoms with Gasteiger partial charge in [-0.05, 0) is 43.2 Å². The number of benzene rings is 2. The molecule has 2 aromatic carbocycles. The standard InChI is InChI=1S/C25H24N6O2S/c1-16-13-17(2)30-24(26-16)27-28-25(30)34-15-23(32)31-22(19-9-11-20(33-3)12-10-19)14-21(29-31)18-7-5-4-6-8-18/h4-13,22H,14-15H2,1-3H3/t22-/m1/s1. The molecule has 0 saturated heterocycles. The van der Waals surface area contributed by atoms with Crippen LogP contribution in [0.3, 0.4) is 0 Å². The van der Waals surface area contributed by atoms with Gasteiger partial charge in [-0.1, -0.05) is 54.2 Å². The van der Waals surface area contributed by atoms with Crippen LogP contribution >= 0.6 is 11.8 Å². The summed E-state index contributed by atoms with van der Waals surface area (Å²) in [6, 6.07) is 19.6. The molecule has 0 aliphatic carbocycles. The number of carbonyl (C=O) groups is 1. The van der Waals surface area contributed by atoms with Crippen molar-refractivity contribution in [1.29, 1.82) is 0 Å². The monoisotopic (exact) mass is 472 g/mol. The highest BCUT2D eigenvalue weighted by molar-refractivity contribution is 7.99. The molecular formula is C25H24N6O2S. The number of ether oxygens (including phenoxy) is 1. The van der Waals surface area contributed by atoms with E-state index in [9.17, 15) is 4.79 Å². The highest BCUT2D eigenvalue weighted by Gasteiger charge is 2.33. The summed E-state index contributed by atoms with van der Waals surface area (Å²) in [5.41, 5.74) is 4.78. The van der Waals surface area contributed by atoms with Crippen LogP contribution in [0.2, 0.25) is 0 Å². The number of amides is 1. The smallest absolute Gasteiger partial charge is 0.256 e. The summed E-state index contributed by atoms with van der Waals surface area (Å²) >= 11 is 1.34. The van der Waals surface area contributed by atoms with Gasteiger partial charge in [0.15, 0.2) is 5.16 Å². The molecule has 172 valence electrons. The summed E-state index contributed by atoms with van der Waals surface area (Å²) in [4.78, 5) is 17.8. The number of hydrogen-bond donors (Lipinski definition) is 0. The third kappa shape index (κ3) is 4.26. The average Bonchev–Trinajstić information content (AvgIpc) is 3.48. The molecule has 2 aromatic heterocycles. The average molecular weight is 473 g/mol. The highest BCUT2D eigenvalue weighted by Crippen LogP contribution is 2.34. The number of carbonyl (C=O) groups excluding carboxylic acids is 1. The fourth-order valence-corrected chi connectivity index (χ4v) is 4.96. The maximum atomic E-state index is 13.4. The van der Waals surface area contributed by atoms with Gasteiger partial charge in [-0.3, -0.25) is 9.20 Å². The van der Waals surface area contributed by atoms with Gasteiger partial charge in [0.1, 0.15) is 5.75 Å². The molecule has 0 radical (unpaired) electrons. The lowest BCUT2D eigenvalue weighted by Crippen LogP contribution is -2.28. The van der Waals surface area contributed by atoms with Gasteiger partial charge in [0.05, 0.1) is 24.6 Å². The van der Waals surface area contributed by atoms with Crippen LogP contribution in [-0.4, -0.2) is 49.1 Å². The SMILES string of the molecule is COc1ccc([C@H]2CC(c3ccccc3)=NN2C(=O)CSc2nnc3nc(C)cc(C)n23)cc1. The number of aromatic nitrogens is 4. The minimum absolute atomic E-state index is 0.0915. The first kappa shape index (κ1) is 22.1. The molecule has 5 rings (SSSR count). The lowest BCUT2D eigenvalue weighted by Gasteiger charge is -2.22. The molecule has 1 aliphatic heterocycles. The molecule has 0 unspecified atom stereocenters. The number of fused-ring (bicyclic) bond motifs is 1. The van der Waals surface area contributed by atoms with E-state index < -0.39 is 0 Å². The lowest BCUT2D eigenvalue weighted by atomic mass is 9.98. The second kappa shape index (κ2) is 9.26. The molecule has 0 spiro atoms. The molecule has 9 heteroatoms. The Bertz CT molecular complexity index is 1370. The van der Waals surface area contributed by atoms with E-state index in [1.165, 1.54) is 11.8 Å². The molecule has 4 aromatic rings. The minimum atomic E-state index is -0.185. The summed E-state index contributed by atoms with van der Waals surface area (Å²) in [6.07, 6.45) is 0.642. The van der Waals surface area contributed by atoms with E-state index in [0.29, 0.717) is 17.4 Å². The van der Waals surface area contributed by atoms with Gasteiger partial charge in [0, 0.05) is 17.8 Å². The third-order valence-corrected chi connectivity index (χ3v) is 6.68. The van der Waals surface area contributed by atoms with Crippen LogP contribution in [0.25, 0.3) is 5.78 Å². The highest BCUT2D eigenvalue weighted by atomic mass is 32.2. The van der Waals surface area contributed by atoms with Crippen molar-refractivity contribution in [2.75, 3.05) is 12.9 Å². The molecule has 0 bridgehead atoms. The van der Waals surface area contributed by atoms with Gasteiger partial charge in [0.25, 0.3) is 11.7 Å². The van der Waals surface area contributed by atoms with E-state index in [1.807, 2.05) is 78.9 Å². The predicted molar refractivity (Wildman–Crippen MR) is 131 cm³/mol. The predicted octanol–water partition coefficient (Wildman–Crippen LogP) is 4.22. The first-order chi connectivity index (χ1) is 16.5. The van der Waals surface area contributed by atoms with Crippen molar-refractivity contribution in [3.8, 4) is 5.75 Å². The number of hydrazone groups is 1. The molecule has 1 amide bonds. The molecule has 8 nitrogen and oxygen atoms in total. The third-order valence-electron chi connectivity index (χ3n) is 5.76. The quantitative estimate of drug-likeness (QED) is 0.391. The molecule has 0 N–H and O–H groups in total. The summed E-state index contributed by atoms with van der Waals surface area (Å²) in [6.45, 7) is 3.90. The van der Waals surface area contributed by atoms with Crippen molar-refractivity contribution in [2.45, 2.75) is 31.5 Å². The molecule has 34 heavy (non-hydrogen) atoms. The summed E-state index contributed by atoms with van der Waals surface area (Å²) in [7, 11) is 1.64. The molecule has 1 aliphatic rings. The van der Waals surface area contributed by atoms with Gasteiger partial charge in [0.2, 0.25) is 0 Å². The Labute approximate surface area is 201 Å². The van der Waals surface area contributed by atoms with Crippen LogP contribution in [0, 0.1) is 13.8 Å². The van der Waals surface area contributed by atoms with E-state index in [2.05, 4.69) is 15.2 Å². The Morgan fingerprint density at radius 1 is 1.09 bits per heavy atom. The fraction of sp³-hybridized carbons (Fsp3) is 0.240. The molecular weight excluding hydrogens is 448 g/mol. The second-order valence-corrected chi connectivity index (χ2v) is 9.03. The van der Waals surface area contributed by atoms with Gasteiger partial charge < -0.3 is 4.74 Å². The second-order valence-electron chi connectivity index (χ2n) is 8.09. The van der Waals surface area contributed by atoms with Gasteiger partial charge in [-0.25, -0.2) is 9.99 Å². The Morgan fingerprint density at radius 3 is 2.59 bits per heavy atom. The van der Waals surface area contributed by atoms with Crippen LogP contribution in [0.15, 0.2) is 70.9 Å². The van der Waals surface area contributed by atoms with E-state index in [4.69, 9.17) is 9.84 Å². The number of methoxy groups -OCH3 is 1. The maximum Gasteiger partial charge on any atom is 0.256 e. The summed E-state index contributed by atoms with van der Waals surface area (Å²) in [5, 5.41) is 15.4. The van der Waals surface area contributed by atoms with Crippen molar-refractivity contribution in [2.24, 2.45) is 5.10 Å². The zero-order chi connectivity index (χ0) is 23.7. The normalized spacial score (nSPS) is 15.6. The number of aryl methyl sites for hydroxylation is 2. The van der Waals surface area contributed by atoms with E-state index in [-0.39, 0.29) is 17.7 Å². The van der Waals surface area contributed by atoms with Crippen LogP contribution < -0.4 is 4.74 Å². The largest absolute Gasteiger partial charge is 0.497 e. The van der Waals surface area contributed by atoms with Crippen LogP contribution in [0.4, 0.5) is 0 Å². The molecule has 0 fully saturated rings. The van der Waals surface area contributed by atoms with E-state index >= 15 is 0 Å². The minimum Gasteiger partial charge on any atom is -0.497 e. The Morgan fingerprint density at radius 2 is 1.85 bits per heavy atom. The number of hydrogen-bond acceptors (Lipinski definition) is 7. The molecule has 3 heterocycles. The van der Waals surface area contributed by atoms with Crippen molar-refractivity contribution >= 4 is 29.2 Å². The Kier molecular flexibility index (Phi) is 6.02. The zero-order valence-corrected chi connectivity index (χ0v) is 20.0. The maximum absolute atomic E-state index is 13.4. The fourth-order valence-electron chi connectivity index (χ4n) is 4.12. The molecule has 1 atom stereocenters. The number of rotatable bonds is 6. The first-order valence-corrected chi connectivity index (χ1v) is 11.9. The van der Waals surface area contributed by atoms with E-state index in [0.717, 1.165) is 34.0 Å². The van der Waals surface area contributed by atoms with Crippen molar-refractivity contribution < 1.29 is 9.53 Å². The van der Waals surface area contributed by atoms with Crippen LogP contribution in [-0.2, 0) is 4.79 Å². The van der Waals surface area contributed by atoms with Gasteiger partial charge >= 0.3 is 0 Å². The van der Waals surface area contributed by atoms with Crippen molar-refractivity contribution in [3.63, 3.8) is 0 Å². The van der Waals surface area contributed by atoms with Crippen LogP contribution in [0.1, 0.15) is 35.0 Å². The summed E-state index contributed by atoms with van der Waals surface area (Å²) < 4.78 is 7.17. The van der Waals surface area contributed by atoms with Crippen LogP contribution in [0.5, 0.6) is 5.75 Å².